The van der Waals surface area contributed by atoms with Gasteiger partial charge in [-0.2, -0.15) is 0 Å². The summed E-state index contributed by atoms with van der Waals surface area (Å²) in [6.07, 6.45) is 0. The quantitative estimate of drug-likeness (QED) is 0.716. The third-order valence-corrected chi connectivity index (χ3v) is 3.06. The molecular formula is C10H11BrO. The minimum absolute atomic E-state index is 0.236. The Kier molecular flexibility index (Phi) is 1.97. The van der Waals surface area contributed by atoms with Crippen LogP contribution in [0.4, 0.5) is 0 Å². The smallest absolute Gasteiger partial charge is 0.0583 e. The Morgan fingerprint density at radius 1 is 1.33 bits per heavy atom. The van der Waals surface area contributed by atoms with Crippen molar-refractivity contribution in [2.45, 2.75) is 12.3 Å². The number of rotatable bonds is 1. The second-order valence-corrected chi connectivity index (χ2v) is 4.39. The number of hydrogen-bond donors (Lipinski definition) is 0. The molecule has 1 fully saturated rings. The van der Waals surface area contributed by atoms with E-state index < -0.39 is 0 Å². The van der Waals surface area contributed by atoms with E-state index in [4.69, 9.17) is 4.74 Å². The summed E-state index contributed by atoms with van der Waals surface area (Å²) in [6, 6.07) is 8.35. The normalized spacial score (nSPS) is 20.2. The maximum Gasteiger partial charge on any atom is 0.0583 e. The summed E-state index contributed by atoms with van der Waals surface area (Å²) in [6.45, 7) is 3.92. The molecule has 0 bridgehead atoms. The molecule has 1 heterocycles. The van der Waals surface area contributed by atoms with E-state index in [1.54, 1.807) is 0 Å². The molecular weight excluding hydrogens is 216 g/mol. The van der Waals surface area contributed by atoms with Gasteiger partial charge in [0.2, 0.25) is 0 Å². The molecule has 12 heavy (non-hydrogen) atoms. The van der Waals surface area contributed by atoms with Crippen molar-refractivity contribution in [2.75, 3.05) is 13.2 Å². The van der Waals surface area contributed by atoms with Gasteiger partial charge >= 0.3 is 0 Å². The number of hydrogen-bond acceptors (Lipinski definition) is 1. The monoisotopic (exact) mass is 226 g/mol. The summed E-state index contributed by atoms with van der Waals surface area (Å²) in [5.74, 6) is 0. The molecule has 1 aliphatic heterocycles. The lowest BCUT2D eigenvalue weighted by Gasteiger charge is -2.39. The highest BCUT2D eigenvalue weighted by Crippen LogP contribution is 2.35. The number of halogens is 1. The lowest BCUT2D eigenvalue weighted by atomic mass is 9.81. The van der Waals surface area contributed by atoms with E-state index in [0.717, 1.165) is 13.2 Å². The standard InChI is InChI=1S/C10H11BrO/c1-10(6-12-7-10)8-4-2-3-5-9(8)11/h2-5H,6-7H2,1H3. The summed E-state index contributed by atoms with van der Waals surface area (Å²) in [4.78, 5) is 0. The first-order valence-corrected chi connectivity index (χ1v) is 4.84. The van der Waals surface area contributed by atoms with Crippen LogP contribution in [-0.2, 0) is 10.2 Å². The van der Waals surface area contributed by atoms with Gasteiger partial charge in [-0.05, 0) is 11.6 Å². The van der Waals surface area contributed by atoms with Crippen molar-refractivity contribution in [1.29, 1.82) is 0 Å². The van der Waals surface area contributed by atoms with Gasteiger partial charge in [-0.15, -0.1) is 0 Å². The summed E-state index contributed by atoms with van der Waals surface area (Å²) in [5.41, 5.74) is 1.59. The van der Waals surface area contributed by atoms with E-state index in [1.807, 2.05) is 6.07 Å². The summed E-state index contributed by atoms with van der Waals surface area (Å²) in [7, 11) is 0. The predicted octanol–water partition coefficient (Wildman–Crippen LogP) is 2.74. The van der Waals surface area contributed by atoms with Crippen LogP contribution in [0.2, 0.25) is 0 Å². The second-order valence-electron chi connectivity index (χ2n) is 3.53. The van der Waals surface area contributed by atoms with Crippen molar-refractivity contribution in [2.24, 2.45) is 0 Å². The van der Waals surface area contributed by atoms with Gasteiger partial charge in [0, 0.05) is 9.89 Å². The summed E-state index contributed by atoms with van der Waals surface area (Å²) >= 11 is 3.55. The molecule has 1 aromatic carbocycles. The Morgan fingerprint density at radius 3 is 2.50 bits per heavy atom. The molecule has 2 heteroatoms. The lowest BCUT2D eigenvalue weighted by molar-refractivity contribution is -0.0503. The molecule has 1 saturated heterocycles. The fraction of sp³-hybridized carbons (Fsp3) is 0.400. The highest BCUT2D eigenvalue weighted by molar-refractivity contribution is 9.10. The minimum atomic E-state index is 0.236. The zero-order valence-electron chi connectivity index (χ0n) is 7.01. The van der Waals surface area contributed by atoms with Crippen LogP contribution in [0, 0.1) is 0 Å². The average Bonchev–Trinajstić information content (AvgIpc) is 2.01. The molecule has 0 atom stereocenters. The Hall–Kier alpha value is -0.340. The van der Waals surface area contributed by atoms with Gasteiger partial charge in [-0.25, -0.2) is 0 Å². The highest BCUT2D eigenvalue weighted by Gasteiger charge is 2.36. The van der Waals surface area contributed by atoms with E-state index in [0.29, 0.717) is 0 Å². The molecule has 0 spiro atoms. The Morgan fingerprint density at radius 2 is 2.00 bits per heavy atom. The molecule has 0 N–H and O–H groups in total. The largest absolute Gasteiger partial charge is 0.379 e. The zero-order valence-corrected chi connectivity index (χ0v) is 8.60. The van der Waals surface area contributed by atoms with E-state index >= 15 is 0 Å². The van der Waals surface area contributed by atoms with Crippen molar-refractivity contribution in [1.82, 2.24) is 0 Å². The van der Waals surface area contributed by atoms with Crippen LogP contribution in [0.25, 0.3) is 0 Å². The van der Waals surface area contributed by atoms with Crippen LogP contribution in [0.15, 0.2) is 28.7 Å². The van der Waals surface area contributed by atoms with Gasteiger partial charge in [-0.1, -0.05) is 41.1 Å². The molecule has 2 rings (SSSR count). The van der Waals surface area contributed by atoms with Gasteiger partial charge in [0.15, 0.2) is 0 Å². The van der Waals surface area contributed by atoms with Crippen molar-refractivity contribution in [3.63, 3.8) is 0 Å². The van der Waals surface area contributed by atoms with Crippen molar-refractivity contribution < 1.29 is 4.74 Å². The van der Waals surface area contributed by atoms with E-state index in [-0.39, 0.29) is 5.41 Å². The summed E-state index contributed by atoms with van der Waals surface area (Å²) in [5, 5.41) is 0. The van der Waals surface area contributed by atoms with Crippen molar-refractivity contribution in [3.05, 3.63) is 34.3 Å². The van der Waals surface area contributed by atoms with Gasteiger partial charge in [0.1, 0.15) is 0 Å². The van der Waals surface area contributed by atoms with E-state index in [1.165, 1.54) is 10.0 Å². The third kappa shape index (κ3) is 1.19. The fourth-order valence-electron chi connectivity index (χ4n) is 1.51. The van der Waals surface area contributed by atoms with Crippen LogP contribution in [0.1, 0.15) is 12.5 Å². The van der Waals surface area contributed by atoms with Gasteiger partial charge in [-0.3, -0.25) is 0 Å². The van der Waals surface area contributed by atoms with Gasteiger partial charge < -0.3 is 4.74 Å². The Bertz CT molecular complexity index is 292. The van der Waals surface area contributed by atoms with Gasteiger partial charge in [0.05, 0.1) is 13.2 Å². The topological polar surface area (TPSA) is 9.23 Å². The summed E-state index contributed by atoms with van der Waals surface area (Å²) < 4.78 is 6.42. The second kappa shape index (κ2) is 2.86. The molecule has 0 aromatic heterocycles. The molecule has 1 aliphatic rings. The number of benzene rings is 1. The van der Waals surface area contributed by atoms with Crippen LogP contribution >= 0.6 is 15.9 Å². The first kappa shape index (κ1) is 8.27. The molecule has 1 aromatic rings. The maximum atomic E-state index is 5.23. The van der Waals surface area contributed by atoms with Crippen LogP contribution in [0.3, 0.4) is 0 Å². The van der Waals surface area contributed by atoms with Crippen molar-refractivity contribution >= 4 is 15.9 Å². The van der Waals surface area contributed by atoms with Crippen LogP contribution < -0.4 is 0 Å². The van der Waals surface area contributed by atoms with E-state index in [9.17, 15) is 0 Å². The average molecular weight is 227 g/mol. The zero-order chi connectivity index (χ0) is 8.60. The molecule has 1 nitrogen and oxygen atoms in total. The first-order chi connectivity index (χ1) is 5.72. The Balaban J connectivity index is 2.39. The van der Waals surface area contributed by atoms with E-state index in [2.05, 4.69) is 41.1 Å². The highest BCUT2D eigenvalue weighted by atomic mass is 79.9. The molecule has 64 valence electrons. The maximum absolute atomic E-state index is 5.23. The molecule has 0 amide bonds. The van der Waals surface area contributed by atoms with Crippen LogP contribution in [0.5, 0.6) is 0 Å². The van der Waals surface area contributed by atoms with Crippen molar-refractivity contribution in [3.8, 4) is 0 Å². The molecule has 0 unspecified atom stereocenters. The van der Waals surface area contributed by atoms with Crippen LogP contribution in [-0.4, -0.2) is 13.2 Å². The predicted molar refractivity (Wildman–Crippen MR) is 52.3 cm³/mol. The van der Waals surface area contributed by atoms with Gasteiger partial charge in [0.25, 0.3) is 0 Å². The third-order valence-electron chi connectivity index (χ3n) is 2.37. The molecule has 0 radical (unpaired) electrons. The fourth-order valence-corrected chi connectivity index (χ4v) is 2.28. The lowest BCUT2D eigenvalue weighted by Crippen LogP contribution is -2.44. The molecule has 0 saturated carbocycles. The number of ether oxygens (including phenoxy) is 1. The minimum Gasteiger partial charge on any atom is -0.379 e. The first-order valence-electron chi connectivity index (χ1n) is 4.05. The SMILES string of the molecule is CC1(c2ccccc2Br)COC1. The Labute approximate surface area is 80.9 Å². The molecule has 0 aliphatic carbocycles.